The number of nitrogens with zero attached hydrogens (tertiary/aromatic N) is 3. The largest absolute Gasteiger partial charge is 0.495 e. The van der Waals surface area contributed by atoms with Crippen molar-refractivity contribution in [1.82, 2.24) is 20.1 Å². The number of carbonyl (C=O) groups excluding carboxylic acids is 2. The molecule has 190 valence electrons. The number of fused-ring (bicyclic) bond motifs is 1. The summed E-state index contributed by atoms with van der Waals surface area (Å²) < 4.78 is 23.3. The molecule has 0 bridgehead atoms. The highest BCUT2D eigenvalue weighted by Gasteiger charge is 2.16. The van der Waals surface area contributed by atoms with Crippen molar-refractivity contribution in [2.75, 3.05) is 31.6 Å². The highest BCUT2D eigenvalue weighted by Crippen LogP contribution is 2.35. The van der Waals surface area contributed by atoms with Gasteiger partial charge < -0.3 is 34.1 Å². The molecule has 0 saturated carbocycles. The number of aryl methyl sites for hydroxylation is 1. The first-order valence-electron chi connectivity index (χ1n) is 11.2. The Morgan fingerprint density at radius 3 is 2.75 bits per heavy atom. The van der Waals surface area contributed by atoms with E-state index in [4.69, 9.17) is 18.9 Å². The molecule has 1 aliphatic heterocycles. The second-order valence-corrected chi connectivity index (χ2v) is 8.71. The molecule has 36 heavy (non-hydrogen) atoms. The second-order valence-electron chi connectivity index (χ2n) is 7.76. The second kappa shape index (κ2) is 11.7. The van der Waals surface area contributed by atoms with E-state index in [1.165, 1.54) is 11.8 Å². The molecular weight excluding hydrogens is 486 g/mol. The molecule has 2 aromatic carbocycles. The molecule has 0 spiro atoms. The maximum absolute atomic E-state index is 12.5. The lowest BCUT2D eigenvalue weighted by molar-refractivity contribution is -0.123. The van der Waals surface area contributed by atoms with Gasteiger partial charge >= 0.3 is 0 Å². The van der Waals surface area contributed by atoms with Crippen molar-refractivity contribution in [3.8, 4) is 23.0 Å². The Balaban J connectivity index is 1.26. The molecule has 1 aliphatic rings. The zero-order valence-corrected chi connectivity index (χ0v) is 21.0. The number of amides is 2. The number of benzene rings is 2. The van der Waals surface area contributed by atoms with Crippen molar-refractivity contribution < 1.29 is 28.5 Å². The quantitative estimate of drug-likeness (QED) is 0.372. The molecule has 0 fully saturated rings. The Labute approximate surface area is 212 Å². The van der Waals surface area contributed by atoms with Crippen molar-refractivity contribution in [1.29, 1.82) is 0 Å². The third-order valence-corrected chi connectivity index (χ3v) is 6.20. The van der Waals surface area contributed by atoms with Gasteiger partial charge in [0.15, 0.2) is 29.1 Å². The fraction of sp³-hybridized carbons (Fsp3) is 0.333. The van der Waals surface area contributed by atoms with E-state index < -0.39 is 0 Å². The van der Waals surface area contributed by atoms with Gasteiger partial charge in [0.25, 0.3) is 5.91 Å². The summed E-state index contributed by atoms with van der Waals surface area (Å²) in [6, 6.07) is 10.7. The number of hydrogen-bond donors (Lipinski definition) is 2. The van der Waals surface area contributed by atoms with E-state index in [-0.39, 0.29) is 37.5 Å². The van der Waals surface area contributed by atoms with Crippen LogP contribution in [0.25, 0.3) is 0 Å². The first-order valence-corrected chi connectivity index (χ1v) is 12.2. The van der Waals surface area contributed by atoms with Gasteiger partial charge in [-0.25, -0.2) is 0 Å². The minimum absolute atomic E-state index is 0.144. The van der Waals surface area contributed by atoms with Gasteiger partial charge in [-0.15, -0.1) is 10.2 Å². The summed E-state index contributed by atoms with van der Waals surface area (Å²) in [6.45, 7) is 4.66. The van der Waals surface area contributed by atoms with Gasteiger partial charge in [0.2, 0.25) is 12.7 Å². The Hall–Kier alpha value is -3.93. The zero-order chi connectivity index (χ0) is 25.5. The molecule has 11 nitrogen and oxygen atoms in total. The average Bonchev–Trinajstić information content (AvgIpc) is 3.51. The number of aromatic nitrogens is 3. The molecule has 0 atom stereocenters. The minimum atomic E-state index is -0.306. The molecule has 3 aromatic rings. The summed E-state index contributed by atoms with van der Waals surface area (Å²) in [6.07, 6.45) is 0. The third-order valence-electron chi connectivity index (χ3n) is 5.23. The van der Waals surface area contributed by atoms with Crippen molar-refractivity contribution in [3.05, 3.63) is 47.8 Å². The Bertz CT molecular complexity index is 1250. The Morgan fingerprint density at radius 2 is 1.94 bits per heavy atom. The van der Waals surface area contributed by atoms with Crippen LogP contribution in [-0.2, 0) is 22.7 Å². The molecule has 0 aliphatic carbocycles. The van der Waals surface area contributed by atoms with Gasteiger partial charge in [-0.05, 0) is 43.7 Å². The van der Waals surface area contributed by atoms with E-state index in [0.29, 0.717) is 46.2 Å². The molecular formula is C24H27N5O6S. The molecule has 1 aromatic heterocycles. The van der Waals surface area contributed by atoms with Crippen LogP contribution >= 0.6 is 11.8 Å². The van der Waals surface area contributed by atoms with Crippen molar-refractivity contribution >= 4 is 29.3 Å². The van der Waals surface area contributed by atoms with Crippen LogP contribution < -0.4 is 29.6 Å². The average molecular weight is 514 g/mol. The fourth-order valence-corrected chi connectivity index (χ4v) is 4.28. The Morgan fingerprint density at radius 1 is 1.11 bits per heavy atom. The predicted molar refractivity (Wildman–Crippen MR) is 133 cm³/mol. The monoisotopic (exact) mass is 513 g/mol. The first kappa shape index (κ1) is 25.2. The van der Waals surface area contributed by atoms with Crippen LogP contribution in [0.5, 0.6) is 23.0 Å². The third kappa shape index (κ3) is 6.19. The van der Waals surface area contributed by atoms with Gasteiger partial charge in [-0.3, -0.25) is 9.59 Å². The number of thioether (sulfide) groups is 1. The van der Waals surface area contributed by atoms with Crippen molar-refractivity contribution in [3.63, 3.8) is 0 Å². The summed E-state index contributed by atoms with van der Waals surface area (Å²) in [4.78, 5) is 24.8. The van der Waals surface area contributed by atoms with Gasteiger partial charge in [0.05, 0.1) is 25.1 Å². The number of ether oxygens (including phenoxy) is 4. The molecule has 4 rings (SSSR count). The number of carbonyl (C=O) groups is 2. The Kier molecular flexibility index (Phi) is 8.16. The van der Waals surface area contributed by atoms with Crippen LogP contribution in [0, 0.1) is 6.92 Å². The maximum atomic E-state index is 12.5. The topological polar surface area (TPSA) is 126 Å². The molecule has 0 unspecified atom stereocenters. The number of anilines is 1. The SMILES string of the molecule is CCn1c(CNC(=O)COc2ccc3c(c2)OCO3)nnc1SCC(=O)Nc1cc(C)ccc1OC. The number of methoxy groups -OCH3 is 1. The van der Waals surface area contributed by atoms with Gasteiger partial charge in [-0.1, -0.05) is 17.8 Å². The lowest BCUT2D eigenvalue weighted by Crippen LogP contribution is -2.29. The summed E-state index contributed by atoms with van der Waals surface area (Å²) in [5, 5.41) is 14.6. The van der Waals surface area contributed by atoms with Crippen LogP contribution in [0.15, 0.2) is 41.6 Å². The maximum Gasteiger partial charge on any atom is 0.258 e. The standard InChI is InChI=1S/C24H27N5O6S/c1-4-29-21(11-25-22(30)12-33-16-6-8-19-20(10-16)35-14-34-19)27-28-24(29)36-13-23(31)26-17-9-15(2)5-7-18(17)32-3/h5-10H,4,11-14H2,1-3H3,(H,25,30)(H,26,31). The van der Waals surface area contributed by atoms with Gasteiger partial charge in [0.1, 0.15) is 11.5 Å². The van der Waals surface area contributed by atoms with Crippen LogP contribution in [0.3, 0.4) is 0 Å². The van der Waals surface area contributed by atoms with E-state index in [2.05, 4.69) is 20.8 Å². The minimum Gasteiger partial charge on any atom is -0.495 e. The van der Waals surface area contributed by atoms with Crippen LogP contribution in [-0.4, -0.2) is 52.8 Å². The molecule has 12 heteroatoms. The number of nitrogens with one attached hydrogen (secondary N) is 2. The van der Waals surface area contributed by atoms with E-state index in [1.807, 2.05) is 36.6 Å². The normalized spacial score (nSPS) is 11.8. The van der Waals surface area contributed by atoms with E-state index in [1.54, 1.807) is 25.3 Å². The summed E-state index contributed by atoms with van der Waals surface area (Å²) in [7, 11) is 1.56. The molecule has 2 N–H and O–H groups in total. The summed E-state index contributed by atoms with van der Waals surface area (Å²) in [5.74, 6) is 2.56. The summed E-state index contributed by atoms with van der Waals surface area (Å²) >= 11 is 1.27. The zero-order valence-electron chi connectivity index (χ0n) is 20.2. The molecule has 2 amide bonds. The lowest BCUT2D eigenvalue weighted by Gasteiger charge is -2.11. The van der Waals surface area contributed by atoms with E-state index >= 15 is 0 Å². The predicted octanol–water partition coefficient (Wildman–Crippen LogP) is 2.77. The van der Waals surface area contributed by atoms with Crippen LogP contribution in [0.1, 0.15) is 18.3 Å². The van der Waals surface area contributed by atoms with E-state index in [9.17, 15) is 9.59 Å². The number of rotatable bonds is 11. The van der Waals surface area contributed by atoms with Gasteiger partial charge in [-0.2, -0.15) is 0 Å². The lowest BCUT2D eigenvalue weighted by atomic mass is 10.2. The summed E-state index contributed by atoms with van der Waals surface area (Å²) in [5.41, 5.74) is 1.63. The van der Waals surface area contributed by atoms with E-state index in [0.717, 1.165) is 5.56 Å². The van der Waals surface area contributed by atoms with Crippen molar-refractivity contribution in [2.24, 2.45) is 0 Å². The van der Waals surface area contributed by atoms with Crippen LogP contribution in [0.2, 0.25) is 0 Å². The van der Waals surface area contributed by atoms with Gasteiger partial charge in [0, 0.05) is 12.6 Å². The molecule has 0 saturated heterocycles. The highest BCUT2D eigenvalue weighted by atomic mass is 32.2. The molecule has 2 heterocycles. The highest BCUT2D eigenvalue weighted by molar-refractivity contribution is 7.99. The van der Waals surface area contributed by atoms with Crippen LogP contribution in [0.4, 0.5) is 5.69 Å². The number of hydrogen-bond acceptors (Lipinski definition) is 9. The first-order chi connectivity index (χ1) is 17.5. The fourth-order valence-electron chi connectivity index (χ4n) is 3.45. The molecule has 0 radical (unpaired) electrons. The van der Waals surface area contributed by atoms with Crippen molar-refractivity contribution in [2.45, 2.75) is 32.1 Å². The smallest absolute Gasteiger partial charge is 0.258 e.